The first kappa shape index (κ1) is 15.7. The molecule has 0 saturated carbocycles. The van der Waals surface area contributed by atoms with Gasteiger partial charge in [-0.3, -0.25) is 19.1 Å². The maximum atomic E-state index is 11.8. The average molecular weight is 302 g/mol. The second-order valence-electron chi connectivity index (χ2n) is 5.05. The Morgan fingerprint density at radius 1 is 1.32 bits per heavy atom. The number of carbonyl (C=O) groups is 1. The quantitative estimate of drug-likeness (QED) is 0.667. The summed E-state index contributed by atoms with van der Waals surface area (Å²) in [5.41, 5.74) is 5.77. The predicted molar refractivity (Wildman–Crippen MR) is 82.3 cm³/mol. The molecule has 0 aliphatic heterocycles. The summed E-state index contributed by atoms with van der Waals surface area (Å²) in [7, 11) is 0. The SMILES string of the molecule is Cc1cn(C[C@@H](NCc2ccccc2)C(N)=O)c(=O)[nH]c1=O. The van der Waals surface area contributed by atoms with Crippen molar-refractivity contribution in [3.05, 3.63) is 68.5 Å². The van der Waals surface area contributed by atoms with E-state index in [-0.39, 0.29) is 6.54 Å². The molecule has 0 fully saturated rings. The van der Waals surface area contributed by atoms with E-state index < -0.39 is 23.2 Å². The average Bonchev–Trinajstić information content (AvgIpc) is 2.49. The van der Waals surface area contributed by atoms with Crippen LogP contribution in [0, 0.1) is 6.92 Å². The first-order valence-electron chi connectivity index (χ1n) is 6.84. The number of aromatic nitrogens is 2. The molecule has 1 aromatic carbocycles. The van der Waals surface area contributed by atoms with E-state index in [1.54, 1.807) is 6.92 Å². The Kier molecular flexibility index (Phi) is 4.90. The van der Waals surface area contributed by atoms with Gasteiger partial charge in [0.15, 0.2) is 0 Å². The Morgan fingerprint density at radius 2 is 2.00 bits per heavy atom. The minimum atomic E-state index is -0.719. The maximum absolute atomic E-state index is 11.8. The number of rotatable bonds is 6. The molecule has 0 radical (unpaired) electrons. The molecular formula is C15H18N4O3. The zero-order chi connectivity index (χ0) is 16.1. The van der Waals surface area contributed by atoms with Gasteiger partial charge in [0.05, 0.1) is 6.54 Å². The van der Waals surface area contributed by atoms with E-state index in [0.29, 0.717) is 12.1 Å². The number of hydrogen-bond acceptors (Lipinski definition) is 4. The fourth-order valence-corrected chi connectivity index (χ4v) is 2.04. The summed E-state index contributed by atoms with van der Waals surface area (Å²) in [5.74, 6) is -0.563. The van der Waals surface area contributed by atoms with Gasteiger partial charge in [0.2, 0.25) is 5.91 Å². The van der Waals surface area contributed by atoms with Crippen molar-refractivity contribution in [2.45, 2.75) is 26.1 Å². The van der Waals surface area contributed by atoms with Crippen LogP contribution in [0.15, 0.2) is 46.1 Å². The van der Waals surface area contributed by atoms with Gasteiger partial charge in [-0.15, -0.1) is 0 Å². The Bertz CT molecular complexity index is 764. The van der Waals surface area contributed by atoms with Crippen LogP contribution in [0.5, 0.6) is 0 Å². The highest BCUT2D eigenvalue weighted by Crippen LogP contribution is 1.99. The van der Waals surface area contributed by atoms with Crippen LogP contribution in [0.1, 0.15) is 11.1 Å². The van der Waals surface area contributed by atoms with E-state index in [1.807, 2.05) is 30.3 Å². The van der Waals surface area contributed by atoms with Gasteiger partial charge in [0.25, 0.3) is 5.56 Å². The summed E-state index contributed by atoms with van der Waals surface area (Å²) in [4.78, 5) is 36.9. The first-order chi connectivity index (χ1) is 10.5. The van der Waals surface area contributed by atoms with Gasteiger partial charge in [-0.1, -0.05) is 30.3 Å². The summed E-state index contributed by atoms with van der Waals surface area (Å²) in [6, 6.07) is 8.81. The highest BCUT2D eigenvalue weighted by molar-refractivity contribution is 5.79. The summed E-state index contributed by atoms with van der Waals surface area (Å²) in [6.07, 6.45) is 1.42. The Balaban J connectivity index is 2.13. The predicted octanol–water partition coefficient (Wildman–Crippen LogP) is -0.511. The topological polar surface area (TPSA) is 110 Å². The van der Waals surface area contributed by atoms with Gasteiger partial charge in [-0.25, -0.2) is 4.79 Å². The molecule has 2 aromatic rings. The highest BCUT2D eigenvalue weighted by Gasteiger charge is 2.16. The molecule has 1 aromatic heterocycles. The van der Waals surface area contributed by atoms with Crippen LogP contribution in [0.3, 0.4) is 0 Å². The van der Waals surface area contributed by atoms with Crippen LogP contribution in [0.2, 0.25) is 0 Å². The number of aromatic amines is 1. The van der Waals surface area contributed by atoms with Crippen molar-refractivity contribution in [3.8, 4) is 0 Å². The van der Waals surface area contributed by atoms with E-state index in [2.05, 4.69) is 10.3 Å². The number of primary amides is 1. The first-order valence-corrected chi connectivity index (χ1v) is 6.84. The van der Waals surface area contributed by atoms with Crippen molar-refractivity contribution in [2.24, 2.45) is 5.73 Å². The largest absolute Gasteiger partial charge is 0.368 e. The number of aryl methyl sites for hydroxylation is 1. The summed E-state index contributed by atoms with van der Waals surface area (Å²) in [5, 5.41) is 3.02. The van der Waals surface area contributed by atoms with Crippen LogP contribution >= 0.6 is 0 Å². The molecule has 2 rings (SSSR count). The van der Waals surface area contributed by atoms with Crippen molar-refractivity contribution in [3.63, 3.8) is 0 Å². The standard InChI is InChI=1S/C15H18N4O3/c1-10-8-19(15(22)18-14(10)21)9-12(13(16)20)17-7-11-5-3-2-4-6-11/h2-6,8,12,17H,7,9H2,1H3,(H2,16,20)(H,18,21,22)/t12-/m1/s1. The molecule has 4 N–H and O–H groups in total. The monoisotopic (exact) mass is 302 g/mol. The van der Waals surface area contributed by atoms with Gasteiger partial charge in [-0.05, 0) is 12.5 Å². The van der Waals surface area contributed by atoms with Gasteiger partial charge in [0, 0.05) is 18.3 Å². The zero-order valence-corrected chi connectivity index (χ0v) is 12.2. The molecule has 0 aliphatic rings. The molecule has 0 saturated heterocycles. The number of carbonyl (C=O) groups excluding carboxylic acids is 1. The van der Waals surface area contributed by atoms with E-state index in [9.17, 15) is 14.4 Å². The molecular weight excluding hydrogens is 284 g/mol. The lowest BCUT2D eigenvalue weighted by Crippen LogP contribution is -2.46. The Hall–Kier alpha value is -2.67. The van der Waals surface area contributed by atoms with Crippen molar-refractivity contribution in [2.75, 3.05) is 0 Å². The van der Waals surface area contributed by atoms with Crippen LogP contribution in [-0.2, 0) is 17.9 Å². The number of nitrogens with two attached hydrogens (primary N) is 1. The van der Waals surface area contributed by atoms with E-state index >= 15 is 0 Å². The summed E-state index contributed by atoms with van der Waals surface area (Å²) >= 11 is 0. The van der Waals surface area contributed by atoms with E-state index in [4.69, 9.17) is 5.73 Å². The zero-order valence-electron chi connectivity index (χ0n) is 12.2. The lowest BCUT2D eigenvalue weighted by Gasteiger charge is -2.17. The Labute approximate surface area is 126 Å². The molecule has 1 atom stereocenters. The molecule has 22 heavy (non-hydrogen) atoms. The lowest BCUT2D eigenvalue weighted by atomic mass is 10.2. The highest BCUT2D eigenvalue weighted by atomic mass is 16.2. The number of nitrogens with one attached hydrogen (secondary N) is 2. The molecule has 0 unspecified atom stereocenters. The molecule has 0 spiro atoms. The smallest absolute Gasteiger partial charge is 0.328 e. The molecule has 7 nitrogen and oxygen atoms in total. The minimum Gasteiger partial charge on any atom is -0.368 e. The van der Waals surface area contributed by atoms with Crippen LogP contribution in [-0.4, -0.2) is 21.5 Å². The maximum Gasteiger partial charge on any atom is 0.328 e. The van der Waals surface area contributed by atoms with Crippen molar-refractivity contribution in [1.29, 1.82) is 0 Å². The van der Waals surface area contributed by atoms with Crippen LogP contribution < -0.4 is 22.3 Å². The molecule has 0 bridgehead atoms. The van der Waals surface area contributed by atoms with Gasteiger partial charge >= 0.3 is 5.69 Å². The van der Waals surface area contributed by atoms with Gasteiger partial charge < -0.3 is 11.1 Å². The fraction of sp³-hybridized carbons (Fsp3) is 0.267. The molecule has 1 heterocycles. The molecule has 1 amide bonds. The van der Waals surface area contributed by atoms with Crippen molar-refractivity contribution in [1.82, 2.24) is 14.9 Å². The van der Waals surface area contributed by atoms with Crippen LogP contribution in [0.4, 0.5) is 0 Å². The number of hydrogen-bond donors (Lipinski definition) is 3. The van der Waals surface area contributed by atoms with Crippen molar-refractivity contribution >= 4 is 5.91 Å². The third-order valence-electron chi connectivity index (χ3n) is 3.31. The lowest BCUT2D eigenvalue weighted by molar-refractivity contribution is -0.120. The summed E-state index contributed by atoms with van der Waals surface area (Å²) in [6.45, 7) is 2.09. The molecule has 0 aliphatic carbocycles. The fourth-order valence-electron chi connectivity index (χ4n) is 2.04. The number of nitrogens with zero attached hydrogens (tertiary/aromatic N) is 1. The Morgan fingerprint density at radius 3 is 2.64 bits per heavy atom. The minimum absolute atomic E-state index is 0.0542. The van der Waals surface area contributed by atoms with Crippen molar-refractivity contribution < 1.29 is 4.79 Å². The number of amides is 1. The van der Waals surface area contributed by atoms with E-state index in [0.717, 1.165) is 5.56 Å². The molecule has 7 heteroatoms. The molecule has 116 valence electrons. The van der Waals surface area contributed by atoms with Gasteiger partial charge in [-0.2, -0.15) is 0 Å². The normalized spacial score (nSPS) is 12.0. The third-order valence-corrected chi connectivity index (χ3v) is 3.31. The summed E-state index contributed by atoms with van der Waals surface area (Å²) < 4.78 is 1.27. The van der Waals surface area contributed by atoms with Gasteiger partial charge in [0.1, 0.15) is 6.04 Å². The second-order valence-corrected chi connectivity index (χ2v) is 5.05. The van der Waals surface area contributed by atoms with Crippen LogP contribution in [0.25, 0.3) is 0 Å². The second kappa shape index (κ2) is 6.86. The number of benzene rings is 1. The number of H-pyrrole nitrogens is 1. The van der Waals surface area contributed by atoms with E-state index in [1.165, 1.54) is 10.8 Å². The third kappa shape index (κ3) is 3.92.